The van der Waals surface area contributed by atoms with Crippen LogP contribution in [0.1, 0.15) is 23.0 Å². The van der Waals surface area contributed by atoms with Crippen LogP contribution in [0.3, 0.4) is 0 Å². The van der Waals surface area contributed by atoms with Gasteiger partial charge in [-0.2, -0.15) is 5.10 Å². The first-order valence-electron chi connectivity index (χ1n) is 6.99. The Morgan fingerprint density at radius 2 is 2.19 bits per heavy atom. The molecule has 2 aromatic rings. The normalized spacial score (nSPS) is 12.9. The summed E-state index contributed by atoms with van der Waals surface area (Å²) in [7, 11) is 6.00. The van der Waals surface area contributed by atoms with E-state index in [0.717, 1.165) is 30.0 Å². The number of aryl methyl sites for hydroxylation is 1. The van der Waals surface area contributed by atoms with Crippen molar-refractivity contribution < 1.29 is 0 Å². The quantitative estimate of drug-likeness (QED) is 0.888. The molecule has 2 heterocycles. The average molecular weight is 308 g/mol. The summed E-state index contributed by atoms with van der Waals surface area (Å²) in [6, 6.07) is 3.93. The highest BCUT2D eigenvalue weighted by Gasteiger charge is 2.23. The number of hydrogen-bond donors (Lipinski definition) is 1. The Labute approximate surface area is 130 Å². The van der Waals surface area contributed by atoms with Crippen molar-refractivity contribution in [3.63, 3.8) is 0 Å². The highest BCUT2D eigenvalue weighted by molar-refractivity contribution is 6.31. The van der Waals surface area contributed by atoms with Gasteiger partial charge in [0.05, 0.1) is 35.2 Å². The average Bonchev–Trinajstić information content (AvgIpc) is 2.81. The molecule has 0 bridgehead atoms. The molecule has 1 atom stereocenters. The lowest BCUT2D eigenvalue weighted by atomic mass is 10.1. The van der Waals surface area contributed by atoms with Gasteiger partial charge in [-0.05, 0) is 39.7 Å². The molecule has 0 spiro atoms. The topological polar surface area (TPSA) is 46.0 Å². The molecule has 0 saturated heterocycles. The fourth-order valence-corrected chi connectivity index (χ4v) is 2.59. The fraction of sp³-hybridized carbons (Fsp3) is 0.467. The van der Waals surface area contributed by atoms with Crippen molar-refractivity contribution in [2.75, 3.05) is 27.7 Å². The van der Waals surface area contributed by atoms with Gasteiger partial charge in [0.1, 0.15) is 0 Å². The van der Waals surface area contributed by atoms with Crippen LogP contribution >= 0.6 is 11.6 Å². The third kappa shape index (κ3) is 3.61. The fourth-order valence-electron chi connectivity index (χ4n) is 2.33. The minimum absolute atomic E-state index is 0.0663. The van der Waals surface area contributed by atoms with E-state index in [4.69, 9.17) is 11.6 Å². The summed E-state index contributed by atoms with van der Waals surface area (Å²) in [6.07, 6.45) is 3.51. The molecule has 2 rings (SSSR count). The summed E-state index contributed by atoms with van der Waals surface area (Å²) < 4.78 is 1.96. The van der Waals surface area contributed by atoms with Crippen LogP contribution in [-0.2, 0) is 6.54 Å². The third-order valence-electron chi connectivity index (χ3n) is 3.48. The predicted molar refractivity (Wildman–Crippen MR) is 85.7 cm³/mol. The molecule has 2 aromatic heterocycles. The van der Waals surface area contributed by atoms with Crippen LogP contribution < -0.4 is 5.32 Å². The second-order valence-electron chi connectivity index (χ2n) is 5.33. The molecule has 0 amide bonds. The van der Waals surface area contributed by atoms with Crippen LogP contribution in [0.25, 0.3) is 0 Å². The molecule has 0 saturated carbocycles. The van der Waals surface area contributed by atoms with Gasteiger partial charge in [0.2, 0.25) is 0 Å². The highest BCUT2D eigenvalue weighted by Crippen LogP contribution is 2.28. The maximum atomic E-state index is 6.37. The summed E-state index contributed by atoms with van der Waals surface area (Å²) in [5.74, 6) is 0. The van der Waals surface area contributed by atoms with Gasteiger partial charge >= 0.3 is 0 Å². The molecule has 114 valence electrons. The van der Waals surface area contributed by atoms with Gasteiger partial charge in [-0.3, -0.25) is 9.67 Å². The monoisotopic (exact) mass is 307 g/mol. The molecule has 0 radical (unpaired) electrons. The molecule has 0 aromatic carbocycles. The Kier molecular flexibility index (Phi) is 5.33. The Bertz CT molecular complexity index is 593. The Morgan fingerprint density at radius 3 is 2.81 bits per heavy atom. The molecule has 0 aliphatic rings. The van der Waals surface area contributed by atoms with Crippen LogP contribution in [0.5, 0.6) is 0 Å². The van der Waals surface area contributed by atoms with E-state index in [-0.39, 0.29) is 6.04 Å². The summed E-state index contributed by atoms with van der Waals surface area (Å²) in [5, 5.41) is 8.38. The van der Waals surface area contributed by atoms with E-state index in [1.54, 1.807) is 12.4 Å². The van der Waals surface area contributed by atoms with Crippen molar-refractivity contribution in [2.24, 2.45) is 0 Å². The first-order chi connectivity index (χ1) is 10.0. The van der Waals surface area contributed by atoms with Gasteiger partial charge in [-0.15, -0.1) is 0 Å². The standard InChI is InChI=1S/C15H22ClN5/c1-11-6-5-7-18-13(11)14(17-2)15-12(16)10-19-21(15)9-8-20(3)4/h5-7,10,14,17H,8-9H2,1-4H3. The van der Waals surface area contributed by atoms with E-state index in [1.807, 2.05) is 31.9 Å². The first kappa shape index (κ1) is 15.9. The van der Waals surface area contributed by atoms with E-state index >= 15 is 0 Å². The van der Waals surface area contributed by atoms with Crippen LogP contribution in [0.4, 0.5) is 0 Å². The van der Waals surface area contributed by atoms with E-state index in [1.165, 1.54) is 0 Å². The van der Waals surface area contributed by atoms with Crippen LogP contribution in [0.15, 0.2) is 24.5 Å². The molecule has 1 N–H and O–H groups in total. The zero-order valence-electron chi connectivity index (χ0n) is 13.0. The number of nitrogens with zero attached hydrogens (tertiary/aromatic N) is 4. The van der Waals surface area contributed by atoms with Crippen molar-refractivity contribution in [1.29, 1.82) is 0 Å². The lowest BCUT2D eigenvalue weighted by molar-refractivity contribution is 0.366. The number of likely N-dealkylation sites (N-methyl/N-ethyl adjacent to an activating group) is 1. The second-order valence-corrected chi connectivity index (χ2v) is 5.74. The summed E-state index contributed by atoms with van der Waals surface area (Å²) >= 11 is 6.37. The lowest BCUT2D eigenvalue weighted by Crippen LogP contribution is -2.26. The summed E-state index contributed by atoms with van der Waals surface area (Å²) in [4.78, 5) is 6.63. The van der Waals surface area contributed by atoms with Gasteiger partial charge in [0.15, 0.2) is 0 Å². The second kappa shape index (κ2) is 7.02. The number of hydrogen-bond acceptors (Lipinski definition) is 4. The number of halogens is 1. The van der Waals surface area contributed by atoms with Gasteiger partial charge in [-0.25, -0.2) is 0 Å². The maximum Gasteiger partial charge on any atom is 0.0937 e. The van der Waals surface area contributed by atoms with Crippen LogP contribution in [-0.4, -0.2) is 47.4 Å². The van der Waals surface area contributed by atoms with Crippen LogP contribution in [0, 0.1) is 6.92 Å². The Hall–Kier alpha value is -1.43. The molecule has 0 aliphatic heterocycles. The zero-order chi connectivity index (χ0) is 15.4. The molecule has 6 heteroatoms. The maximum absolute atomic E-state index is 6.37. The largest absolute Gasteiger partial charge is 0.308 e. The highest BCUT2D eigenvalue weighted by atomic mass is 35.5. The van der Waals surface area contributed by atoms with Crippen molar-refractivity contribution >= 4 is 11.6 Å². The Balaban J connectivity index is 2.38. The predicted octanol–water partition coefficient (Wildman–Crippen LogP) is 2.11. The minimum Gasteiger partial charge on any atom is -0.308 e. The number of pyridine rings is 1. The van der Waals surface area contributed by atoms with E-state index in [2.05, 4.69) is 33.3 Å². The third-order valence-corrected chi connectivity index (χ3v) is 3.77. The van der Waals surface area contributed by atoms with Gasteiger partial charge in [-0.1, -0.05) is 17.7 Å². The molecular weight excluding hydrogens is 286 g/mol. The molecule has 0 aliphatic carbocycles. The molecule has 1 unspecified atom stereocenters. The SMILES string of the molecule is CNC(c1ncccc1C)c1c(Cl)cnn1CCN(C)C. The molecule has 5 nitrogen and oxygen atoms in total. The number of aromatic nitrogens is 3. The molecular formula is C15H22ClN5. The summed E-state index contributed by atoms with van der Waals surface area (Å²) in [5.41, 5.74) is 3.07. The van der Waals surface area contributed by atoms with Crippen molar-refractivity contribution in [3.05, 3.63) is 46.5 Å². The summed E-state index contributed by atoms with van der Waals surface area (Å²) in [6.45, 7) is 3.75. The van der Waals surface area contributed by atoms with E-state index in [9.17, 15) is 0 Å². The van der Waals surface area contributed by atoms with Crippen molar-refractivity contribution in [3.8, 4) is 0 Å². The van der Waals surface area contributed by atoms with Crippen molar-refractivity contribution in [2.45, 2.75) is 19.5 Å². The Morgan fingerprint density at radius 1 is 1.43 bits per heavy atom. The molecule has 21 heavy (non-hydrogen) atoms. The van der Waals surface area contributed by atoms with Gasteiger partial charge in [0, 0.05) is 12.7 Å². The minimum atomic E-state index is -0.0663. The zero-order valence-corrected chi connectivity index (χ0v) is 13.7. The molecule has 0 fully saturated rings. The number of nitrogens with one attached hydrogen (secondary N) is 1. The smallest absolute Gasteiger partial charge is 0.0937 e. The van der Waals surface area contributed by atoms with E-state index in [0.29, 0.717) is 5.02 Å². The van der Waals surface area contributed by atoms with Crippen molar-refractivity contribution in [1.82, 2.24) is 25.0 Å². The first-order valence-corrected chi connectivity index (χ1v) is 7.37. The van der Waals surface area contributed by atoms with E-state index < -0.39 is 0 Å². The number of rotatable bonds is 6. The van der Waals surface area contributed by atoms with Gasteiger partial charge < -0.3 is 10.2 Å². The lowest BCUT2D eigenvalue weighted by Gasteiger charge is -2.20. The van der Waals surface area contributed by atoms with Crippen LogP contribution in [0.2, 0.25) is 5.02 Å². The van der Waals surface area contributed by atoms with Gasteiger partial charge in [0.25, 0.3) is 0 Å².